The van der Waals surface area contributed by atoms with Crippen molar-refractivity contribution >= 4 is 11.6 Å². The first-order valence-corrected chi connectivity index (χ1v) is 5.65. The van der Waals surface area contributed by atoms with Crippen LogP contribution in [-0.4, -0.2) is 40.5 Å². The van der Waals surface area contributed by atoms with Crippen molar-refractivity contribution in [2.75, 3.05) is 18.9 Å². The molecule has 0 aromatic carbocycles. The molecule has 0 saturated carbocycles. The van der Waals surface area contributed by atoms with E-state index >= 15 is 0 Å². The first kappa shape index (κ1) is 12.3. The number of carbonyl (C=O) groups is 1. The molecule has 94 valence electrons. The van der Waals surface area contributed by atoms with Crippen LogP contribution in [0.15, 0.2) is 18.5 Å². The van der Waals surface area contributed by atoms with Crippen LogP contribution in [0.25, 0.3) is 0 Å². The van der Waals surface area contributed by atoms with E-state index in [0.717, 1.165) is 0 Å². The highest BCUT2D eigenvalue weighted by Gasteiger charge is 2.34. The van der Waals surface area contributed by atoms with Gasteiger partial charge in [0.1, 0.15) is 0 Å². The third-order valence-corrected chi connectivity index (χ3v) is 3.13. The maximum absolute atomic E-state index is 12.0. The molecule has 2 atom stereocenters. The lowest BCUT2D eigenvalue weighted by molar-refractivity contribution is -0.119. The summed E-state index contributed by atoms with van der Waals surface area (Å²) >= 11 is 0. The maximum Gasteiger partial charge on any atom is 0.228 e. The second kappa shape index (κ2) is 5.02. The number of rotatable bonds is 2. The molecular formula is C12H14N4O2. The normalized spacial score (nSPS) is 23.6. The summed E-state index contributed by atoms with van der Waals surface area (Å²) in [5.74, 6) is -0.470. The fraction of sp³-hybridized carbons (Fsp3) is 0.417. The van der Waals surface area contributed by atoms with E-state index in [-0.39, 0.29) is 23.6 Å². The van der Waals surface area contributed by atoms with E-state index in [4.69, 9.17) is 5.26 Å². The summed E-state index contributed by atoms with van der Waals surface area (Å²) in [5, 5.41) is 21.1. The molecule has 2 heterocycles. The summed E-state index contributed by atoms with van der Waals surface area (Å²) in [6.07, 6.45) is 3.29. The number of amides is 1. The minimum atomic E-state index is -0.229. The Morgan fingerprint density at radius 2 is 2.50 bits per heavy atom. The van der Waals surface area contributed by atoms with E-state index in [1.165, 1.54) is 18.5 Å². The summed E-state index contributed by atoms with van der Waals surface area (Å²) in [5.41, 5.74) is 0.345. The van der Waals surface area contributed by atoms with E-state index in [2.05, 4.69) is 16.4 Å². The van der Waals surface area contributed by atoms with Gasteiger partial charge < -0.3 is 10.4 Å². The van der Waals surface area contributed by atoms with Gasteiger partial charge in [0.05, 0.1) is 29.9 Å². The molecule has 1 saturated heterocycles. The molecule has 1 aliphatic rings. The Labute approximate surface area is 105 Å². The number of anilines is 1. The Morgan fingerprint density at radius 1 is 1.72 bits per heavy atom. The van der Waals surface area contributed by atoms with Gasteiger partial charge in [0.25, 0.3) is 0 Å². The first-order chi connectivity index (χ1) is 8.61. The van der Waals surface area contributed by atoms with Crippen LogP contribution in [0.3, 0.4) is 0 Å². The third kappa shape index (κ3) is 2.41. The zero-order chi connectivity index (χ0) is 13.1. The van der Waals surface area contributed by atoms with Crippen molar-refractivity contribution < 1.29 is 9.90 Å². The third-order valence-electron chi connectivity index (χ3n) is 3.13. The standard InChI is InChI=1S/C12H14N4O2/c1-16-7-8(4-9(16)5-13)12(18)15-10-2-3-14-6-11(10)17/h2-3,6,8-9,17H,4,7H2,1H3,(H,14,15,18). The highest BCUT2D eigenvalue weighted by atomic mass is 16.3. The minimum absolute atomic E-state index is 0.0611. The van der Waals surface area contributed by atoms with Crippen LogP contribution in [-0.2, 0) is 4.79 Å². The zero-order valence-electron chi connectivity index (χ0n) is 10.00. The van der Waals surface area contributed by atoms with Gasteiger partial charge in [0.15, 0.2) is 5.75 Å². The number of hydrogen-bond donors (Lipinski definition) is 2. The van der Waals surface area contributed by atoms with Crippen molar-refractivity contribution in [1.82, 2.24) is 9.88 Å². The minimum Gasteiger partial charge on any atom is -0.504 e. The Kier molecular flexibility index (Phi) is 3.44. The average molecular weight is 246 g/mol. The van der Waals surface area contributed by atoms with Crippen LogP contribution in [0, 0.1) is 17.2 Å². The van der Waals surface area contributed by atoms with Crippen molar-refractivity contribution in [1.29, 1.82) is 5.26 Å². The number of hydrogen-bond acceptors (Lipinski definition) is 5. The molecule has 1 aromatic heterocycles. The fourth-order valence-electron chi connectivity index (χ4n) is 2.07. The van der Waals surface area contributed by atoms with Gasteiger partial charge in [-0.15, -0.1) is 0 Å². The van der Waals surface area contributed by atoms with Crippen molar-refractivity contribution in [3.05, 3.63) is 18.5 Å². The van der Waals surface area contributed by atoms with E-state index in [9.17, 15) is 9.90 Å². The number of aromatic nitrogens is 1. The van der Waals surface area contributed by atoms with E-state index in [1.807, 2.05) is 11.9 Å². The van der Waals surface area contributed by atoms with E-state index in [0.29, 0.717) is 18.7 Å². The van der Waals surface area contributed by atoms with Gasteiger partial charge in [0.2, 0.25) is 5.91 Å². The van der Waals surface area contributed by atoms with Crippen LogP contribution < -0.4 is 5.32 Å². The van der Waals surface area contributed by atoms with Crippen molar-refractivity contribution in [2.45, 2.75) is 12.5 Å². The van der Waals surface area contributed by atoms with Crippen LogP contribution in [0.1, 0.15) is 6.42 Å². The monoisotopic (exact) mass is 246 g/mol. The van der Waals surface area contributed by atoms with Gasteiger partial charge in [-0.2, -0.15) is 5.26 Å². The SMILES string of the molecule is CN1CC(C(=O)Nc2ccncc2O)CC1C#N. The number of carbonyl (C=O) groups excluding carboxylic acids is 1. The molecule has 2 unspecified atom stereocenters. The Morgan fingerprint density at radius 3 is 3.11 bits per heavy atom. The highest BCUT2D eigenvalue weighted by Crippen LogP contribution is 2.25. The summed E-state index contributed by atoms with van der Waals surface area (Å²) < 4.78 is 0. The highest BCUT2D eigenvalue weighted by molar-refractivity contribution is 5.94. The Bertz CT molecular complexity index is 497. The molecule has 1 aromatic rings. The second-order valence-electron chi connectivity index (χ2n) is 4.40. The van der Waals surface area contributed by atoms with Crippen LogP contribution >= 0.6 is 0 Å². The molecule has 6 nitrogen and oxygen atoms in total. The fourth-order valence-corrected chi connectivity index (χ4v) is 2.07. The average Bonchev–Trinajstić information content (AvgIpc) is 2.73. The lowest BCUT2D eigenvalue weighted by Crippen LogP contribution is -2.26. The Balaban J connectivity index is 2.02. The molecule has 0 radical (unpaired) electrons. The van der Waals surface area contributed by atoms with Crippen LogP contribution in [0.4, 0.5) is 5.69 Å². The predicted octanol–water partition coefficient (Wildman–Crippen LogP) is 0.570. The van der Waals surface area contributed by atoms with Crippen molar-refractivity contribution in [3.63, 3.8) is 0 Å². The number of nitrogens with zero attached hydrogens (tertiary/aromatic N) is 3. The number of aromatic hydroxyl groups is 1. The van der Waals surface area contributed by atoms with Crippen molar-refractivity contribution in [2.24, 2.45) is 5.92 Å². The first-order valence-electron chi connectivity index (χ1n) is 5.65. The number of likely N-dealkylation sites (tertiary alicyclic amines) is 1. The lowest BCUT2D eigenvalue weighted by Gasteiger charge is -2.12. The Hall–Kier alpha value is -2.13. The maximum atomic E-state index is 12.0. The molecule has 1 fully saturated rings. The molecule has 6 heteroatoms. The van der Waals surface area contributed by atoms with Gasteiger partial charge in [-0.05, 0) is 19.5 Å². The summed E-state index contributed by atoms with van der Waals surface area (Å²) in [4.78, 5) is 17.6. The van der Waals surface area contributed by atoms with E-state index < -0.39 is 0 Å². The molecular weight excluding hydrogens is 232 g/mol. The molecule has 1 aliphatic heterocycles. The number of pyridine rings is 1. The van der Waals surface area contributed by atoms with Gasteiger partial charge in [0, 0.05) is 12.7 Å². The predicted molar refractivity (Wildman–Crippen MR) is 64.7 cm³/mol. The molecule has 0 spiro atoms. The smallest absolute Gasteiger partial charge is 0.228 e. The largest absolute Gasteiger partial charge is 0.504 e. The molecule has 2 N–H and O–H groups in total. The van der Waals surface area contributed by atoms with Gasteiger partial charge >= 0.3 is 0 Å². The van der Waals surface area contributed by atoms with Crippen LogP contribution in [0.5, 0.6) is 5.75 Å². The second-order valence-corrected chi connectivity index (χ2v) is 4.40. The van der Waals surface area contributed by atoms with Gasteiger partial charge in [-0.25, -0.2) is 0 Å². The molecule has 0 bridgehead atoms. The quantitative estimate of drug-likeness (QED) is 0.796. The number of nitriles is 1. The topological polar surface area (TPSA) is 89.2 Å². The summed E-state index contributed by atoms with van der Waals surface area (Å²) in [6.45, 7) is 0.551. The molecule has 18 heavy (non-hydrogen) atoms. The van der Waals surface area contributed by atoms with Gasteiger partial charge in [-0.1, -0.05) is 0 Å². The summed E-state index contributed by atoms with van der Waals surface area (Å²) in [7, 11) is 1.82. The van der Waals surface area contributed by atoms with Crippen molar-refractivity contribution in [3.8, 4) is 11.8 Å². The molecule has 1 amide bonds. The lowest BCUT2D eigenvalue weighted by atomic mass is 10.1. The van der Waals surface area contributed by atoms with Crippen LogP contribution in [0.2, 0.25) is 0 Å². The van der Waals surface area contributed by atoms with Gasteiger partial charge in [-0.3, -0.25) is 14.7 Å². The molecule has 2 rings (SSSR count). The zero-order valence-corrected chi connectivity index (χ0v) is 10.00. The summed E-state index contributed by atoms with van der Waals surface area (Å²) in [6, 6.07) is 3.48. The molecule has 0 aliphatic carbocycles. The van der Waals surface area contributed by atoms with E-state index in [1.54, 1.807) is 0 Å². The number of nitrogens with one attached hydrogen (secondary N) is 1.